The Morgan fingerprint density at radius 2 is 1.90 bits per heavy atom. The summed E-state index contributed by atoms with van der Waals surface area (Å²) in [7, 11) is 2.11. The molecule has 1 saturated carbocycles. The third-order valence-corrected chi connectivity index (χ3v) is 6.44. The molecule has 31 heavy (non-hydrogen) atoms. The maximum atomic E-state index is 14.4. The molecule has 1 aromatic heterocycles. The number of hydrogen-bond acceptors (Lipinski definition) is 5. The van der Waals surface area contributed by atoms with Gasteiger partial charge in [-0.1, -0.05) is 42.1 Å². The molecular weight excluding hydrogens is 413 g/mol. The smallest absolute Gasteiger partial charge is 0.230 e. The van der Waals surface area contributed by atoms with Gasteiger partial charge in [0, 0.05) is 24.3 Å². The second kappa shape index (κ2) is 9.62. The number of hydrogen-bond donors (Lipinski definition) is 1. The Morgan fingerprint density at radius 1 is 1.19 bits per heavy atom. The van der Waals surface area contributed by atoms with E-state index in [-0.39, 0.29) is 17.5 Å². The van der Waals surface area contributed by atoms with Gasteiger partial charge in [-0.05, 0) is 51.1 Å². The first-order valence-corrected chi connectivity index (χ1v) is 11.4. The van der Waals surface area contributed by atoms with Crippen molar-refractivity contribution in [3.8, 4) is 17.1 Å². The molecule has 8 heteroatoms. The van der Waals surface area contributed by atoms with Gasteiger partial charge in [0.2, 0.25) is 5.91 Å². The van der Waals surface area contributed by atoms with Crippen LogP contribution in [0.15, 0.2) is 59.8 Å². The predicted octanol–water partition coefficient (Wildman–Crippen LogP) is 3.76. The van der Waals surface area contributed by atoms with Gasteiger partial charge < -0.3 is 5.32 Å². The second-order valence-electron chi connectivity index (χ2n) is 7.80. The molecule has 1 N–H and O–H groups in total. The first kappa shape index (κ1) is 21.5. The van der Waals surface area contributed by atoms with E-state index in [0.29, 0.717) is 35.2 Å². The van der Waals surface area contributed by atoms with Crippen LogP contribution < -0.4 is 5.32 Å². The highest BCUT2D eigenvalue weighted by atomic mass is 32.2. The Hall–Kier alpha value is -2.71. The summed E-state index contributed by atoms with van der Waals surface area (Å²) in [5.41, 5.74) is 1.18. The van der Waals surface area contributed by atoms with Crippen molar-refractivity contribution < 1.29 is 9.18 Å². The maximum absolute atomic E-state index is 14.4. The number of carbonyl (C=O) groups excluding carboxylic acids is 1. The molecule has 0 spiro atoms. The lowest BCUT2D eigenvalue weighted by molar-refractivity contribution is -0.118. The van der Waals surface area contributed by atoms with Crippen molar-refractivity contribution in [3.63, 3.8) is 0 Å². The van der Waals surface area contributed by atoms with Crippen LogP contribution in [0.25, 0.3) is 17.1 Å². The lowest BCUT2D eigenvalue weighted by Gasteiger charge is -2.24. The van der Waals surface area contributed by atoms with E-state index < -0.39 is 0 Å². The van der Waals surface area contributed by atoms with Crippen LogP contribution in [0.1, 0.15) is 19.8 Å². The third-order valence-electron chi connectivity index (χ3n) is 5.51. The van der Waals surface area contributed by atoms with Gasteiger partial charge in [0.1, 0.15) is 5.82 Å². The van der Waals surface area contributed by atoms with E-state index in [1.54, 1.807) is 22.8 Å². The summed E-state index contributed by atoms with van der Waals surface area (Å²) in [5, 5.41) is 12.0. The Bertz CT molecular complexity index is 1040. The standard InChI is InChI=1S/C23H26FN5OS/c1-16(28(2)17-12-13-17)14-25-21(30)15-31-23-27-26-22(19-10-6-7-11-20(19)24)29(23)18-8-4-3-5-9-18/h3-11,16-17H,12-15H2,1-2H3,(H,25,30). The number of thioether (sulfide) groups is 1. The van der Waals surface area contributed by atoms with Gasteiger partial charge >= 0.3 is 0 Å². The summed E-state index contributed by atoms with van der Waals surface area (Å²) in [5.74, 6) is 0.195. The molecular formula is C23H26FN5OS. The molecule has 6 nitrogen and oxygen atoms in total. The topological polar surface area (TPSA) is 63.1 Å². The minimum absolute atomic E-state index is 0.0592. The van der Waals surface area contributed by atoms with Crippen molar-refractivity contribution >= 4 is 17.7 Å². The molecule has 0 radical (unpaired) electrons. The van der Waals surface area contributed by atoms with Crippen LogP contribution in [-0.2, 0) is 4.79 Å². The van der Waals surface area contributed by atoms with Crippen LogP contribution in [0.5, 0.6) is 0 Å². The zero-order valence-electron chi connectivity index (χ0n) is 17.7. The molecule has 1 atom stereocenters. The predicted molar refractivity (Wildman–Crippen MR) is 121 cm³/mol. The van der Waals surface area contributed by atoms with Crippen molar-refractivity contribution in [1.29, 1.82) is 0 Å². The fraction of sp³-hybridized carbons (Fsp3) is 0.348. The molecule has 162 valence electrons. The molecule has 1 aliphatic carbocycles. The molecule has 0 aliphatic heterocycles. The molecule has 0 saturated heterocycles. The fourth-order valence-electron chi connectivity index (χ4n) is 3.42. The monoisotopic (exact) mass is 439 g/mol. The highest BCUT2D eigenvalue weighted by molar-refractivity contribution is 7.99. The number of aromatic nitrogens is 3. The SMILES string of the molecule is CC(CNC(=O)CSc1nnc(-c2ccccc2F)n1-c1ccccc1)N(C)C1CC1. The average molecular weight is 440 g/mol. The molecule has 2 aromatic carbocycles. The zero-order chi connectivity index (χ0) is 21.8. The van der Waals surface area contributed by atoms with E-state index >= 15 is 0 Å². The lowest BCUT2D eigenvalue weighted by atomic mass is 10.2. The second-order valence-corrected chi connectivity index (χ2v) is 8.74. The van der Waals surface area contributed by atoms with Crippen LogP contribution in [0.2, 0.25) is 0 Å². The van der Waals surface area contributed by atoms with Crippen LogP contribution in [0.4, 0.5) is 4.39 Å². The minimum atomic E-state index is -0.366. The summed E-state index contributed by atoms with van der Waals surface area (Å²) in [4.78, 5) is 14.8. The quantitative estimate of drug-likeness (QED) is 0.515. The molecule has 1 heterocycles. The highest BCUT2D eigenvalue weighted by Gasteiger charge is 2.29. The molecule has 1 fully saturated rings. The molecule has 1 unspecified atom stereocenters. The van der Waals surface area contributed by atoms with Gasteiger partial charge in [-0.2, -0.15) is 0 Å². The Morgan fingerprint density at radius 3 is 2.61 bits per heavy atom. The van der Waals surface area contributed by atoms with Gasteiger partial charge in [0.25, 0.3) is 0 Å². The summed E-state index contributed by atoms with van der Waals surface area (Å²) in [6, 6.07) is 17.0. The summed E-state index contributed by atoms with van der Waals surface area (Å²) in [6.07, 6.45) is 2.48. The maximum Gasteiger partial charge on any atom is 0.230 e. The van der Waals surface area contributed by atoms with E-state index in [2.05, 4.69) is 34.4 Å². The minimum Gasteiger partial charge on any atom is -0.354 e. The van der Waals surface area contributed by atoms with Crippen LogP contribution in [0, 0.1) is 5.82 Å². The Labute approximate surface area is 185 Å². The van der Waals surface area contributed by atoms with E-state index in [1.165, 1.54) is 30.7 Å². The largest absolute Gasteiger partial charge is 0.354 e. The molecule has 3 aromatic rings. The summed E-state index contributed by atoms with van der Waals surface area (Å²) >= 11 is 1.29. The van der Waals surface area contributed by atoms with Gasteiger partial charge in [-0.15, -0.1) is 10.2 Å². The van der Waals surface area contributed by atoms with Crippen LogP contribution in [0.3, 0.4) is 0 Å². The normalized spacial score (nSPS) is 14.6. The third kappa shape index (κ3) is 5.14. The first-order chi connectivity index (χ1) is 15.0. The number of nitrogens with zero attached hydrogens (tertiary/aromatic N) is 4. The zero-order valence-corrected chi connectivity index (χ0v) is 18.5. The Balaban J connectivity index is 1.48. The number of benzene rings is 2. The number of amides is 1. The van der Waals surface area contributed by atoms with E-state index in [0.717, 1.165) is 5.69 Å². The summed E-state index contributed by atoms with van der Waals surface area (Å²) < 4.78 is 16.2. The molecule has 1 aliphatic rings. The van der Waals surface area contributed by atoms with Gasteiger partial charge in [-0.25, -0.2) is 4.39 Å². The number of nitrogens with one attached hydrogen (secondary N) is 1. The average Bonchev–Trinajstić information content (AvgIpc) is 3.56. The molecule has 0 bridgehead atoms. The van der Waals surface area contributed by atoms with Crippen LogP contribution >= 0.6 is 11.8 Å². The van der Waals surface area contributed by atoms with E-state index in [4.69, 9.17) is 0 Å². The highest BCUT2D eigenvalue weighted by Crippen LogP contribution is 2.29. The van der Waals surface area contributed by atoms with Crippen molar-refractivity contribution in [2.24, 2.45) is 0 Å². The van der Waals surface area contributed by atoms with Crippen molar-refractivity contribution in [3.05, 3.63) is 60.4 Å². The molecule has 4 rings (SSSR count). The number of rotatable bonds is 9. The van der Waals surface area contributed by atoms with Crippen molar-refractivity contribution in [1.82, 2.24) is 25.0 Å². The van der Waals surface area contributed by atoms with Gasteiger partial charge in [-0.3, -0.25) is 14.3 Å². The van der Waals surface area contributed by atoms with Gasteiger partial charge in [0.15, 0.2) is 11.0 Å². The van der Waals surface area contributed by atoms with E-state index in [9.17, 15) is 9.18 Å². The van der Waals surface area contributed by atoms with Crippen molar-refractivity contribution in [2.45, 2.75) is 37.0 Å². The van der Waals surface area contributed by atoms with Crippen LogP contribution in [-0.4, -0.2) is 57.0 Å². The van der Waals surface area contributed by atoms with Gasteiger partial charge in [0.05, 0.1) is 11.3 Å². The molecule has 1 amide bonds. The fourth-order valence-corrected chi connectivity index (χ4v) is 4.20. The Kier molecular flexibility index (Phi) is 6.67. The first-order valence-electron chi connectivity index (χ1n) is 10.4. The summed E-state index contributed by atoms with van der Waals surface area (Å²) in [6.45, 7) is 2.73. The van der Waals surface area contributed by atoms with E-state index in [1.807, 2.05) is 30.3 Å². The van der Waals surface area contributed by atoms with Crippen molar-refractivity contribution in [2.75, 3.05) is 19.3 Å². The number of para-hydroxylation sites is 1. The lowest BCUT2D eigenvalue weighted by Crippen LogP contribution is -2.41. The number of carbonyl (C=O) groups is 1. The number of halogens is 1. The number of likely N-dealkylation sites (N-methyl/N-ethyl adjacent to an activating group) is 1.